The lowest BCUT2D eigenvalue weighted by Gasteiger charge is -2.31. The summed E-state index contributed by atoms with van der Waals surface area (Å²) in [5.41, 5.74) is 2.00. The first-order valence-electron chi connectivity index (χ1n) is 8.63. The Hall–Kier alpha value is -2.90. The normalized spacial score (nSPS) is 17.8. The molecule has 3 heterocycles. The monoisotopic (exact) mass is 339 g/mol. The van der Waals surface area contributed by atoms with Gasteiger partial charge in [-0.1, -0.05) is 12.1 Å². The molecule has 8 nitrogen and oxygen atoms in total. The summed E-state index contributed by atoms with van der Waals surface area (Å²) in [5.74, 6) is 1.51. The van der Waals surface area contributed by atoms with Gasteiger partial charge in [0, 0.05) is 25.6 Å². The predicted molar refractivity (Wildman–Crippen MR) is 94.4 cm³/mol. The highest BCUT2D eigenvalue weighted by atomic mass is 16.2. The van der Waals surface area contributed by atoms with Crippen LogP contribution in [-0.4, -0.2) is 48.8 Å². The number of imidazole rings is 1. The van der Waals surface area contributed by atoms with Crippen LogP contribution in [0.15, 0.2) is 30.6 Å². The van der Waals surface area contributed by atoms with Gasteiger partial charge in [0.05, 0.1) is 11.0 Å². The van der Waals surface area contributed by atoms with Gasteiger partial charge in [-0.2, -0.15) is 0 Å². The zero-order valence-electron chi connectivity index (χ0n) is 14.1. The third kappa shape index (κ3) is 3.19. The Labute approximate surface area is 145 Å². The van der Waals surface area contributed by atoms with Crippen molar-refractivity contribution in [3.63, 3.8) is 0 Å². The SMILES string of the molecule is CCn1cnc(NC(=O)N2CCCC(c3nc4ccccc4[nH]3)C2)n1. The van der Waals surface area contributed by atoms with E-state index < -0.39 is 0 Å². The molecule has 0 saturated carbocycles. The molecule has 2 amide bonds. The number of carbonyl (C=O) groups excluding carboxylic acids is 1. The summed E-state index contributed by atoms with van der Waals surface area (Å²) < 4.78 is 1.68. The number of hydrogen-bond donors (Lipinski definition) is 2. The molecule has 0 aliphatic carbocycles. The maximum absolute atomic E-state index is 12.5. The quantitative estimate of drug-likeness (QED) is 0.767. The highest BCUT2D eigenvalue weighted by Gasteiger charge is 2.27. The van der Waals surface area contributed by atoms with Crippen LogP contribution in [0, 0.1) is 0 Å². The number of para-hydroxylation sites is 2. The molecule has 0 radical (unpaired) electrons. The second-order valence-corrected chi connectivity index (χ2v) is 6.28. The van der Waals surface area contributed by atoms with Gasteiger partial charge in [0.15, 0.2) is 0 Å². The fourth-order valence-corrected chi connectivity index (χ4v) is 3.23. The third-order valence-electron chi connectivity index (χ3n) is 4.58. The van der Waals surface area contributed by atoms with Crippen molar-refractivity contribution in [2.45, 2.75) is 32.2 Å². The number of likely N-dealkylation sites (tertiary alicyclic amines) is 1. The van der Waals surface area contributed by atoms with E-state index in [1.54, 1.807) is 11.0 Å². The number of rotatable bonds is 3. The molecule has 1 fully saturated rings. The van der Waals surface area contributed by atoms with Gasteiger partial charge in [-0.15, -0.1) is 5.10 Å². The molecule has 1 aromatic carbocycles. The summed E-state index contributed by atoms with van der Waals surface area (Å²) in [6.45, 7) is 4.07. The van der Waals surface area contributed by atoms with Gasteiger partial charge in [0.1, 0.15) is 12.2 Å². The standard InChI is InChI=1S/C17H21N7O/c1-2-24-11-18-16(22-24)21-17(25)23-9-5-6-12(10-23)15-19-13-7-3-4-8-14(13)20-15/h3-4,7-8,11-12H,2,5-6,9-10H2,1H3,(H,19,20)(H,21,22,25). The molecule has 1 aliphatic rings. The number of aromatic nitrogens is 5. The zero-order valence-corrected chi connectivity index (χ0v) is 14.1. The Morgan fingerprint density at radius 1 is 1.40 bits per heavy atom. The number of H-pyrrole nitrogens is 1. The molecule has 0 spiro atoms. The lowest BCUT2D eigenvalue weighted by Crippen LogP contribution is -2.42. The van der Waals surface area contributed by atoms with Crippen molar-refractivity contribution < 1.29 is 4.79 Å². The van der Waals surface area contributed by atoms with Gasteiger partial charge < -0.3 is 9.88 Å². The minimum absolute atomic E-state index is 0.158. The molecule has 1 saturated heterocycles. The molecule has 0 bridgehead atoms. The number of fused-ring (bicyclic) bond motifs is 1. The second kappa shape index (κ2) is 6.54. The van der Waals surface area contributed by atoms with Crippen molar-refractivity contribution in [2.75, 3.05) is 18.4 Å². The Morgan fingerprint density at radius 2 is 2.28 bits per heavy atom. The summed E-state index contributed by atoms with van der Waals surface area (Å²) in [6, 6.07) is 7.84. The lowest BCUT2D eigenvalue weighted by molar-refractivity contribution is 0.191. The van der Waals surface area contributed by atoms with E-state index in [4.69, 9.17) is 0 Å². The number of aromatic amines is 1. The fraction of sp³-hybridized carbons (Fsp3) is 0.412. The minimum Gasteiger partial charge on any atom is -0.342 e. The van der Waals surface area contributed by atoms with Crippen molar-refractivity contribution in [3.05, 3.63) is 36.4 Å². The molecule has 3 aromatic rings. The van der Waals surface area contributed by atoms with Gasteiger partial charge in [-0.3, -0.25) is 10.00 Å². The second-order valence-electron chi connectivity index (χ2n) is 6.28. The van der Waals surface area contributed by atoms with Crippen LogP contribution in [0.5, 0.6) is 0 Å². The van der Waals surface area contributed by atoms with Crippen LogP contribution < -0.4 is 5.32 Å². The highest BCUT2D eigenvalue weighted by molar-refractivity contribution is 5.87. The van der Waals surface area contributed by atoms with Crippen LogP contribution in [0.2, 0.25) is 0 Å². The van der Waals surface area contributed by atoms with Crippen LogP contribution in [0.25, 0.3) is 11.0 Å². The van der Waals surface area contributed by atoms with E-state index in [9.17, 15) is 4.79 Å². The zero-order chi connectivity index (χ0) is 17.2. The number of piperidine rings is 1. The molecular weight excluding hydrogens is 318 g/mol. The van der Waals surface area contributed by atoms with E-state index in [0.29, 0.717) is 12.5 Å². The summed E-state index contributed by atoms with van der Waals surface area (Å²) >= 11 is 0. The Morgan fingerprint density at radius 3 is 3.08 bits per heavy atom. The molecular formula is C17H21N7O. The average Bonchev–Trinajstić information content (AvgIpc) is 3.28. The molecule has 1 atom stereocenters. The van der Waals surface area contributed by atoms with Gasteiger partial charge in [0.2, 0.25) is 5.95 Å². The van der Waals surface area contributed by atoms with Crippen molar-refractivity contribution in [1.82, 2.24) is 29.6 Å². The topological polar surface area (TPSA) is 91.7 Å². The number of nitrogens with one attached hydrogen (secondary N) is 2. The van der Waals surface area contributed by atoms with E-state index in [-0.39, 0.29) is 11.9 Å². The molecule has 130 valence electrons. The van der Waals surface area contributed by atoms with E-state index in [1.807, 2.05) is 36.1 Å². The van der Waals surface area contributed by atoms with Crippen LogP contribution in [0.1, 0.15) is 31.5 Å². The summed E-state index contributed by atoms with van der Waals surface area (Å²) in [7, 11) is 0. The summed E-state index contributed by atoms with van der Waals surface area (Å²) in [5, 5.41) is 6.98. The minimum atomic E-state index is -0.158. The number of benzene rings is 1. The third-order valence-corrected chi connectivity index (χ3v) is 4.58. The van der Waals surface area contributed by atoms with Gasteiger partial charge in [-0.05, 0) is 31.9 Å². The first kappa shape index (κ1) is 15.6. The van der Waals surface area contributed by atoms with E-state index in [1.165, 1.54) is 0 Å². The predicted octanol–water partition coefficient (Wildman–Crippen LogP) is 2.59. The van der Waals surface area contributed by atoms with Crippen molar-refractivity contribution in [3.8, 4) is 0 Å². The molecule has 2 aromatic heterocycles. The van der Waals surface area contributed by atoms with E-state index in [0.717, 1.165) is 42.8 Å². The number of aryl methyl sites for hydroxylation is 1. The highest BCUT2D eigenvalue weighted by Crippen LogP contribution is 2.27. The van der Waals surface area contributed by atoms with Crippen molar-refractivity contribution in [1.29, 1.82) is 0 Å². The van der Waals surface area contributed by atoms with E-state index in [2.05, 4.69) is 25.4 Å². The molecule has 25 heavy (non-hydrogen) atoms. The number of nitrogens with zero attached hydrogens (tertiary/aromatic N) is 5. The molecule has 2 N–H and O–H groups in total. The lowest BCUT2D eigenvalue weighted by atomic mass is 9.98. The Bertz CT molecular complexity index is 851. The van der Waals surface area contributed by atoms with Gasteiger partial charge in [0.25, 0.3) is 0 Å². The summed E-state index contributed by atoms with van der Waals surface area (Å²) in [4.78, 5) is 26.5. The molecule has 1 aliphatic heterocycles. The largest absolute Gasteiger partial charge is 0.342 e. The van der Waals surface area contributed by atoms with Gasteiger partial charge in [-0.25, -0.2) is 14.8 Å². The number of amides is 2. The number of carbonyl (C=O) groups is 1. The number of anilines is 1. The van der Waals surface area contributed by atoms with Crippen LogP contribution in [-0.2, 0) is 6.54 Å². The van der Waals surface area contributed by atoms with E-state index >= 15 is 0 Å². The first-order chi connectivity index (χ1) is 12.2. The summed E-state index contributed by atoms with van der Waals surface area (Å²) in [6.07, 6.45) is 3.58. The smallest absolute Gasteiger partial charge is 0.324 e. The maximum atomic E-state index is 12.5. The average molecular weight is 339 g/mol. The first-order valence-corrected chi connectivity index (χ1v) is 8.63. The van der Waals surface area contributed by atoms with Gasteiger partial charge >= 0.3 is 6.03 Å². The van der Waals surface area contributed by atoms with Crippen molar-refractivity contribution >= 4 is 23.0 Å². The number of hydrogen-bond acceptors (Lipinski definition) is 4. The van der Waals surface area contributed by atoms with Crippen molar-refractivity contribution in [2.24, 2.45) is 0 Å². The Kier molecular flexibility index (Phi) is 4.09. The molecule has 1 unspecified atom stereocenters. The van der Waals surface area contributed by atoms with Crippen LogP contribution >= 0.6 is 0 Å². The number of urea groups is 1. The Balaban J connectivity index is 1.45. The van der Waals surface area contributed by atoms with Crippen LogP contribution in [0.4, 0.5) is 10.7 Å². The van der Waals surface area contributed by atoms with Crippen LogP contribution in [0.3, 0.4) is 0 Å². The molecule has 4 rings (SSSR count). The maximum Gasteiger partial charge on any atom is 0.324 e. The molecule has 8 heteroatoms. The fourth-order valence-electron chi connectivity index (χ4n) is 3.23.